The van der Waals surface area contributed by atoms with Crippen molar-refractivity contribution in [2.75, 3.05) is 12.8 Å². The molecule has 0 aliphatic heterocycles. The zero-order valence-electron chi connectivity index (χ0n) is 6.87. The number of halogens is 1. The van der Waals surface area contributed by atoms with E-state index in [-0.39, 0.29) is 17.0 Å². The van der Waals surface area contributed by atoms with Crippen LogP contribution >= 0.6 is 0 Å². The monoisotopic (exact) mass is 185 g/mol. The molecule has 3 N–H and O–H groups in total. The molecule has 1 aromatic carbocycles. The van der Waals surface area contributed by atoms with Crippen LogP contribution in [0.5, 0.6) is 5.75 Å². The Morgan fingerprint density at radius 3 is 2.69 bits per heavy atom. The normalized spacial score (nSPS) is 9.69. The van der Waals surface area contributed by atoms with Gasteiger partial charge in [-0.1, -0.05) is 0 Å². The minimum Gasteiger partial charge on any atom is -0.494 e. The van der Waals surface area contributed by atoms with Crippen LogP contribution in [0.3, 0.4) is 0 Å². The summed E-state index contributed by atoms with van der Waals surface area (Å²) in [5, 5.41) is 8.61. The summed E-state index contributed by atoms with van der Waals surface area (Å²) in [6.07, 6.45) is 0. The summed E-state index contributed by atoms with van der Waals surface area (Å²) < 4.78 is 17.4. The van der Waals surface area contributed by atoms with Crippen molar-refractivity contribution in [3.8, 4) is 5.75 Å². The number of hydrogen-bond acceptors (Lipinski definition) is 3. The van der Waals surface area contributed by atoms with Crippen LogP contribution in [0.4, 0.5) is 10.1 Å². The third-order valence-electron chi connectivity index (χ3n) is 1.56. The number of ether oxygens (including phenoxy) is 1. The van der Waals surface area contributed by atoms with Crippen LogP contribution in [-0.2, 0) is 0 Å². The molecule has 0 radical (unpaired) electrons. The molecule has 4 nitrogen and oxygen atoms in total. The fourth-order valence-corrected chi connectivity index (χ4v) is 0.939. The van der Waals surface area contributed by atoms with Gasteiger partial charge in [0.2, 0.25) is 0 Å². The summed E-state index contributed by atoms with van der Waals surface area (Å²) in [5.41, 5.74) is 5.02. The van der Waals surface area contributed by atoms with Crippen LogP contribution in [0.2, 0.25) is 0 Å². The molecule has 70 valence electrons. The molecule has 0 aliphatic rings. The summed E-state index contributed by atoms with van der Waals surface area (Å²) in [6, 6.07) is 1.88. The van der Waals surface area contributed by atoms with E-state index in [0.29, 0.717) is 0 Å². The Kier molecular flexibility index (Phi) is 2.36. The van der Waals surface area contributed by atoms with Gasteiger partial charge >= 0.3 is 5.97 Å². The molecule has 0 saturated carbocycles. The van der Waals surface area contributed by atoms with Crippen LogP contribution in [0.25, 0.3) is 0 Å². The SMILES string of the molecule is COc1cc(F)cc(C(=O)O)c1N. The first kappa shape index (κ1) is 9.31. The Bertz CT molecular complexity index is 351. The number of benzene rings is 1. The van der Waals surface area contributed by atoms with Gasteiger partial charge in [0.1, 0.15) is 11.6 Å². The molecule has 0 bridgehead atoms. The van der Waals surface area contributed by atoms with Crippen LogP contribution in [-0.4, -0.2) is 18.2 Å². The van der Waals surface area contributed by atoms with Gasteiger partial charge in [-0.25, -0.2) is 9.18 Å². The maximum Gasteiger partial charge on any atom is 0.338 e. The molecule has 0 amide bonds. The number of anilines is 1. The molecule has 1 rings (SSSR count). The molecule has 0 atom stereocenters. The van der Waals surface area contributed by atoms with Gasteiger partial charge in [-0.15, -0.1) is 0 Å². The topological polar surface area (TPSA) is 72.5 Å². The van der Waals surface area contributed by atoms with Crippen LogP contribution in [0.15, 0.2) is 12.1 Å². The van der Waals surface area contributed by atoms with Crippen LogP contribution in [0, 0.1) is 5.82 Å². The molecule has 0 fully saturated rings. The molecule has 5 heteroatoms. The highest BCUT2D eigenvalue weighted by atomic mass is 19.1. The number of carboxylic acids is 1. The number of nitrogens with two attached hydrogens (primary N) is 1. The highest BCUT2D eigenvalue weighted by molar-refractivity contribution is 5.95. The maximum atomic E-state index is 12.8. The molecule has 0 saturated heterocycles. The maximum absolute atomic E-state index is 12.8. The Balaban J connectivity index is 3.35. The molecule has 0 heterocycles. The average Bonchev–Trinajstić information content (AvgIpc) is 2.08. The Morgan fingerprint density at radius 2 is 2.23 bits per heavy atom. The molecule has 1 aromatic rings. The first-order valence-corrected chi connectivity index (χ1v) is 3.42. The van der Waals surface area contributed by atoms with Crippen molar-refractivity contribution in [3.63, 3.8) is 0 Å². The first-order valence-electron chi connectivity index (χ1n) is 3.42. The van der Waals surface area contributed by atoms with Crippen LogP contribution < -0.4 is 10.5 Å². The molecule has 0 unspecified atom stereocenters. The fraction of sp³-hybridized carbons (Fsp3) is 0.125. The lowest BCUT2D eigenvalue weighted by molar-refractivity contribution is 0.0697. The lowest BCUT2D eigenvalue weighted by Crippen LogP contribution is -2.05. The minimum absolute atomic E-state index is 0.0254. The number of hydrogen-bond donors (Lipinski definition) is 2. The number of aromatic carboxylic acids is 1. The largest absolute Gasteiger partial charge is 0.494 e. The van der Waals surface area contributed by atoms with Gasteiger partial charge in [0, 0.05) is 6.07 Å². The first-order chi connectivity index (χ1) is 6.06. The summed E-state index contributed by atoms with van der Waals surface area (Å²) in [5.74, 6) is -1.95. The summed E-state index contributed by atoms with van der Waals surface area (Å²) in [6.45, 7) is 0. The van der Waals surface area contributed by atoms with E-state index in [1.807, 2.05) is 0 Å². The number of methoxy groups -OCH3 is 1. The van der Waals surface area contributed by atoms with Crippen molar-refractivity contribution in [2.45, 2.75) is 0 Å². The smallest absolute Gasteiger partial charge is 0.338 e. The zero-order valence-corrected chi connectivity index (χ0v) is 6.87. The van der Waals surface area contributed by atoms with Gasteiger partial charge in [-0.05, 0) is 6.07 Å². The summed E-state index contributed by atoms with van der Waals surface area (Å²) in [7, 11) is 1.29. The second-order valence-electron chi connectivity index (χ2n) is 2.37. The van der Waals surface area contributed by atoms with E-state index in [1.54, 1.807) is 0 Å². The Labute approximate surface area is 73.7 Å². The molecule has 0 spiro atoms. The zero-order chi connectivity index (χ0) is 10.0. The average molecular weight is 185 g/mol. The second-order valence-corrected chi connectivity index (χ2v) is 2.37. The van der Waals surface area contributed by atoms with Crippen molar-refractivity contribution in [1.82, 2.24) is 0 Å². The number of rotatable bonds is 2. The Hall–Kier alpha value is -1.78. The van der Waals surface area contributed by atoms with E-state index in [9.17, 15) is 9.18 Å². The molecular formula is C8H8FNO3. The highest BCUT2D eigenvalue weighted by Crippen LogP contribution is 2.26. The molecule has 13 heavy (non-hydrogen) atoms. The van der Waals surface area contributed by atoms with E-state index < -0.39 is 11.8 Å². The number of nitrogen functional groups attached to an aromatic ring is 1. The third kappa shape index (κ3) is 1.69. The van der Waals surface area contributed by atoms with Crippen molar-refractivity contribution in [1.29, 1.82) is 0 Å². The van der Waals surface area contributed by atoms with Crippen molar-refractivity contribution in [2.24, 2.45) is 0 Å². The van der Waals surface area contributed by atoms with Gasteiger partial charge in [-0.2, -0.15) is 0 Å². The fourth-order valence-electron chi connectivity index (χ4n) is 0.939. The predicted octanol–water partition coefficient (Wildman–Crippen LogP) is 1.11. The van der Waals surface area contributed by atoms with E-state index in [0.717, 1.165) is 12.1 Å². The Morgan fingerprint density at radius 1 is 1.62 bits per heavy atom. The lowest BCUT2D eigenvalue weighted by atomic mass is 10.1. The second kappa shape index (κ2) is 3.30. The van der Waals surface area contributed by atoms with Gasteiger partial charge in [-0.3, -0.25) is 0 Å². The molecular weight excluding hydrogens is 177 g/mol. The van der Waals surface area contributed by atoms with Crippen molar-refractivity contribution in [3.05, 3.63) is 23.5 Å². The van der Waals surface area contributed by atoms with E-state index >= 15 is 0 Å². The quantitative estimate of drug-likeness (QED) is 0.677. The van der Waals surface area contributed by atoms with E-state index in [4.69, 9.17) is 10.8 Å². The third-order valence-corrected chi connectivity index (χ3v) is 1.56. The number of carboxylic acid groups (broad SMARTS) is 1. The highest BCUT2D eigenvalue weighted by Gasteiger charge is 2.13. The van der Waals surface area contributed by atoms with Crippen LogP contribution in [0.1, 0.15) is 10.4 Å². The van der Waals surface area contributed by atoms with Crippen molar-refractivity contribution < 1.29 is 19.0 Å². The standard InChI is InChI=1S/C8H8FNO3/c1-13-6-3-4(9)2-5(7(6)10)8(11)12/h2-3H,10H2,1H3,(H,11,12). The molecule has 0 aromatic heterocycles. The number of carbonyl (C=O) groups is 1. The van der Waals surface area contributed by atoms with E-state index in [1.165, 1.54) is 7.11 Å². The lowest BCUT2D eigenvalue weighted by Gasteiger charge is -2.06. The van der Waals surface area contributed by atoms with Crippen molar-refractivity contribution >= 4 is 11.7 Å². The van der Waals surface area contributed by atoms with Gasteiger partial charge in [0.05, 0.1) is 18.4 Å². The summed E-state index contributed by atoms with van der Waals surface area (Å²) in [4.78, 5) is 10.5. The predicted molar refractivity (Wildman–Crippen MR) is 44.3 cm³/mol. The van der Waals surface area contributed by atoms with Gasteiger partial charge in [0.15, 0.2) is 0 Å². The van der Waals surface area contributed by atoms with E-state index in [2.05, 4.69) is 4.74 Å². The minimum atomic E-state index is -1.28. The van der Waals surface area contributed by atoms with Gasteiger partial charge < -0.3 is 15.6 Å². The summed E-state index contributed by atoms with van der Waals surface area (Å²) >= 11 is 0. The molecule has 0 aliphatic carbocycles. The van der Waals surface area contributed by atoms with Gasteiger partial charge in [0.25, 0.3) is 0 Å².